The Kier molecular flexibility index (Phi) is 3.39. The first-order valence-corrected chi connectivity index (χ1v) is 6.61. The highest BCUT2D eigenvalue weighted by Gasteiger charge is 2.16. The first-order chi connectivity index (χ1) is 8.52. The van der Waals surface area contributed by atoms with Crippen LogP contribution in [-0.2, 0) is 7.05 Å². The number of nitriles is 1. The van der Waals surface area contributed by atoms with Gasteiger partial charge in [-0.3, -0.25) is 4.68 Å². The van der Waals surface area contributed by atoms with Gasteiger partial charge in [-0.2, -0.15) is 10.4 Å². The van der Waals surface area contributed by atoms with Crippen LogP contribution in [0.1, 0.15) is 34.0 Å². The minimum atomic E-state index is 0.172. The zero-order valence-corrected chi connectivity index (χ0v) is 11.8. The van der Waals surface area contributed by atoms with E-state index >= 15 is 0 Å². The minimum Gasteiger partial charge on any atom is -0.362 e. The van der Waals surface area contributed by atoms with Crippen LogP contribution in [0.3, 0.4) is 0 Å². The van der Waals surface area contributed by atoms with Gasteiger partial charge >= 0.3 is 0 Å². The summed E-state index contributed by atoms with van der Waals surface area (Å²) in [6.45, 7) is 6.04. The van der Waals surface area contributed by atoms with Gasteiger partial charge in [-0.15, -0.1) is 11.3 Å². The number of rotatable bonds is 3. The third kappa shape index (κ3) is 2.24. The lowest BCUT2D eigenvalue weighted by Gasteiger charge is -2.14. The van der Waals surface area contributed by atoms with Gasteiger partial charge in [0.25, 0.3) is 0 Å². The molecule has 0 fully saturated rings. The van der Waals surface area contributed by atoms with Gasteiger partial charge in [-0.1, -0.05) is 0 Å². The number of nitrogens with one attached hydrogen (secondary N) is 1. The molecule has 5 heteroatoms. The van der Waals surface area contributed by atoms with E-state index in [4.69, 9.17) is 5.26 Å². The van der Waals surface area contributed by atoms with Crippen LogP contribution in [0.15, 0.2) is 12.1 Å². The van der Waals surface area contributed by atoms with Gasteiger partial charge in [0.05, 0.1) is 11.7 Å². The highest BCUT2D eigenvalue weighted by Crippen LogP contribution is 2.27. The van der Waals surface area contributed by atoms with Crippen LogP contribution in [0.2, 0.25) is 0 Å². The molecule has 0 saturated heterocycles. The van der Waals surface area contributed by atoms with Crippen LogP contribution in [-0.4, -0.2) is 9.78 Å². The summed E-state index contributed by atoms with van der Waals surface area (Å²) in [5, 5.41) is 16.8. The molecule has 2 aromatic heterocycles. The van der Waals surface area contributed by atoms with Crippen LogP contribution in [0, 0.1) is 25.2 Å². The number of thiophene rings is 1. The third-order valence-corrected chi connectivity index (χ3v) is 4.06. The Morgan fingerprint density at radius 1 is 1.44 bits per heavy atom. The number of aromatic nitrogens is 2. The third-order valence-electron chi connectivity index (χ3n) is 2.88. The first-order valence-electron chi connectivity index (χ1n) is 5.79. The van der Waals surface area contributed by atoms with Gasteiger partial charge in [0, 0.05) is 16.8 Å². The summed E-state index contributed by atoms with van der Waals surface area (Å²) in [5.74, 6) is 0.786. The van der Waals surface area contributed by atoms with Crippen LogP contribution >= 0.6 is 11.3 Å². The molecule has 1 N–H and O–H groups in total. The zero-order chi connectivity index (χ0) is 13.3. The van der Waals surface area contributed by atoms with E-state index in [1.807, 2.05) is 14.0 Å². The van der Waals surface area contributed by atoms with Crippen molar-refractivity contribution in [3.8, 4) is 6.07 Å². The maximum Gasteiger partial charge on any atom is 0.142 e. The highest BCUT2D eigenvalue weighted by molar-refractivity contribution is 7.12. The van der Waals surface area contributed by atoms with Crippen LogP contribution < -0.4 is 5.32 Å². The summed E-state index contributed by atoms with van der Waals surface area (Å²) in [6.07, 6.45) is 0. The van der Waals surface area contributed by atoms with E-state index in [2.05, 4.69) is 42.5 Å². The second kappa shape index (κ2) is 4.83. The van der Waals surface area contributed by atoms with Crippen molar-refractivity contribution in [3.05, 3.63) is 33.1 Å². The van der Waals surface area contributed by atoms with Gasteiger partial charge in [-0.25, -0.2) is 0 Å². The van der Waals surface area contributed by atoms with Gasteiger partial charge in [0.2, 0.25) is 0 Å². The molecule has 0 aliphatic rings. The fourth-order valence-electron chi connectivity index (χ4n) is 1.92. The van der Waals surface area contributed by atoms with Crippen LogP contribution in [0.25, 0.3) is 0 Å². The number of anilines is 1. The Balaban J connectivity index is 2.27. The summed E-state index contributed by atoms with van der Waals surface area (Å²) in [5.41, 5.74) is 1.38. The molecular formula is C13H16N4S. The maximum atomic E-state index is 9.16. The molecule has 0 bridgehead atoms. The summed E-state index contributed by atoms with van der Waals surface area (Å²) in [6, 6.07) is 6.60. The van der Waals surface area contributed by atoms with Crippen molar-refractivity contribution in [3.63, 3.8) is 0 Å². The Hall–Kier alpha value is -1.80. The molecule has 18 heavy (non-hydrogen) atoms. The molecule has 2 aromatic rings. The Labute approximate surface area is 111 Å². The van der Waals surface area contributed by atoms with Crippen molar-refractivity contribution in [1.29, 1.82) is 5.26 Å². The Bertz CT molecular complexity index is 603. The van der Waals surface area contributed by atoms with E-state index in [0.717, 1.165) is 11.5 Å². The summed E-state index contributed by atoms with van der Waals surface area (Å²) in [7, 11) is 1.85. The average Bonchev–Trinajstić information content (AvgIpc) is 2.84. The van der Waals surface area contributed by atoms with Crippen molar-refractivity contribution >= 4 is 17.2 Å². The smallest absolute Gasteiger partial charge is 0.142 e. The minimum absolute atomic E-state index is 0.172. The molecule has 0 aliphatic carbocycles. The SMILES string of the molecule is Cc1ccc(C(C)Nc2c(C#N)c(C)nn2C)s1. The molecule has 2 heterocycles. The zero-order valence-electron chi connectivity index (χ0n) is 11.0. The van der Waals surface area contributed by atoms with Gasteiger partial charge in [0.15, 0.2) is 0 Å². The number of nitrogens with zero attached hydrogens (tertiary/aromatic N) is 3. The second-order valence-electron chi connectivity index (χ2n) is 4.36. The van der Waals surface area contributed by atoms with Crippen LogP contribution in [0.4, 0.5) is 5.82 Å². The Morgan fingerprint density at radius 2 is 2.17 bits per heavy atom. The summed E-state index contributed by atoms with van der Waals surface area (Å²) < 4.78 is 1.73. The van der Waals surface area contributed by atoms with Crippen molar-refractivity contribution in [2.24, 2.45) is 7.05 Å². The Morgan fingerprint density at radius 3 is 2.72 bits per heavy atom. The van der Waals surface area contributed by atoms with Crippen molar-refractivity contribution in [2.75, 3.05) is 5.32 Å². The van der Waals surface area contributed by atoms with Crippen molar-refractivity contribution < 1.29 is 0 Å². The normalized spacial score (nSPS) is 12.2. The lowest BCUT2D eigenvalue weighted by molar-refractivity contribution is 0.745. The topological polar surface area (TPSA) is 53.6 Å². The van der Waals surface area contributed by atoms with Crippen molar-refractivity contribution in [2.45, 2.75) is 26.8 Å². The molecule has 94 valence electrons. The number of hydrogen-bond donors (Lipinski definition) is 1. The van der Waals surface area contributed by atoms with Gasteiger partial charge in [-0.05, 0) is 32.9 Å². The predicted octanol–water partition coefficient (Wildman–Crippen LogP) is 3.14. The monoisotopic (exact) mass is 260 g/mol. The first kappa shape index (κ1) is 12.7. The van der Waals surface area contributed by atoms with E-state index in [0.29, 0.717) is 5.56 Å². The van der Waals surface area contributed by atoms with Crippen molar-refractivity contribution in [1.82, 2.24) is 9.78 Å². The largest absolute Gasteiger partial charge is 0.362 e. The van der Waals surface area contributed by atoms with E-state index in [-0.39, 0.29) is 6.04 Å². The maximum absolute atomic E-state index is 9.16. The molecule has 2 rings (SSSR count). The molecule has 0 aliphatic heterocycles. The molecule has 0 amide bonds. The molecule has 0 radical (unpaired) electrons. The number of aryl methyl sites for hydroxylation is 3. The molecule has 0 saturated carbocycles. The lowest BCUT2D eigenvalue weighted by atomic mass is 10.2. The molecular weight excluding hydrogens is 244 g/mol. The standard InChI is InChI=1S/C13H16N4S/c1-8-5-6-12(18-8)10(3)15-13-11(7-14)9(2)16-17(13)4/h5-6,10,15H,1-4H3. The van der Waals surface area contributed by atoms with Gasteiger partial charge in [0.1, 0.15) is 17.5 Å². The van der Waals surface area contributed by atoms with E-state index < -0.39 is 0 Å². The van der Waals surface area contributed by atoms with E-state index in [9.17, 15) is 0 Å². The highest BCUT2D eigenvalue weighted by atomic mass is 32.1. The molecule has 1 atom stereocenters. The molecule has 0 aromatic carbocycles. The molecule has 0 spiro atoms. The molecule has 4 nitrogen and oxygen atoms in total. The summed E-state index contributed by atoms with van der Waals surface area (Å²) >= 11 is 1.77. The summed E-state index contributed by atoms with van der Waals surface area (Å²) in [4.78, 5) is 2.55. The quantitative estimate of drug-likeness (QED) is 0.922. The second-order valence-corrected chi connectivity index (χ2v) is 5.68. The van der Waals surface area contributed by atoms with Crippen LogP contribution in [0.5, 0.6) is 0 Å². The fraction of sp³-hybridized carbons (Fsp3) is 0.385. The van der Waals surface area contributed by atoms with E-state index in [1.165, 1.54) is 9.75 Å². The average molecular weight is 260 g/mol. The number of hydrogen-bond acceptors (Lipinski definition) is 4. The molecule has 1 unspecified atom stereocenters. The predicted molar refractivity (Wildman–Crippen MR) is 73.8 cm³/mol. The van der Waals surface area contributed by atoms with Gasteiger partial charge < -0.3 is 5.32 Å². The lowest BCUT2D eigenvalue weighted by Crippen LogP contribution is -2.09. The fourth-order valence-corrected chi connectivity index (χ4v) is 2.80. The van der Waals surface area contributed by atoms with E-state index in [1.54, 1.807) is 16.0 Å².